The zero-order chi connectivity index (χ0) is 56.3. The minimum Gasteiger partial charge on any atom is -0.422 e. The van der Waals surface area contributed by atoms with E-state index in [0.29, 0.717) is 33.0 Å². The van der Waals surface area contributed by atoms with Gasteiger partial charge in [0.1, 0.15) is 0 Å². The first-order valence-corrected chi connectivity index (χ1v) is 21.2. The van der Waals surface area contributed by atoms with Crippen LogP contribution in [-0.2, 0) is 47.6 Å². The van der Waals surface area contributed by atoms with Crippen molar-refractivity contribution in [1.82, 2.24) is 5.32 Å². The molecule has 0 unspecified atom stereocenters. The van der Waals surface area contributed by atoms with E-state index in [9.17, 15) is 85.0 Å². The Balaban J connectivity index is 0. The molecule has 0 aliphatic carbocycles. The Hall–Kier alpha value is -4.74. The van der Waals surface area contributed by atoms with Gasteiger partial charge in [-0.15, -0.1) is 0 Å². The molecule has 0 aliphatic heterocycles. The SMILES string of the molecule is C.CC.[CH2-]C(COCCC(=O)Oc1c(F)c(F)c(F)c(F)c1F)(COCCC(=O)Oc1c(F)c(F)c(F)c(F)c1F)NC(=O)CCOCCOCCOCCOCCN.[CH2-]CC(=O)Oc1c(F)c(F)c(F)c(F)c1F.[U+2]. The molecule has 3 rings (SSSR count). The van der Waals surface area contributed by atoms with Crippen molar-refractivity contribution in [3.8, 4) is 17.2 Å². The molecule has 3 aromatic carbocycles. The van der Waals surface area contributed by atoms with E-state index in [2.05, 4.69) is 33.4 Å². The summed E-state index contributed by atoms with van der Waals surface area (Å²) in [5.74, 6) is -45.2. The van der Waals surface area contributed by atoms with Gasteiger partial charge < -0.3 is 67.5 Å². The van der Waals surface area contributed by atoms with Crippen molar-refractivity contribution in [2.45, 2.75) is 52.5 Å². The topological polar surface area (TPSA) is 189 Å². The number of esters is 3. The first-order valence-electron chi connectivity index (χ1n) is 21.2. The normalized spacial score (nSPS) is 10.8. The molecular formula is C45H51F15N2O13U. The van der Waals surface area contributed by atoms with Crippen LogP contribution in [0.2, 0.25) is 0 Å². The van der Waals surface area contributed by atoms with Crippen molar-refractivity contribution >= 4 is 23.8 Å². The first kappa shape index (κ1) is 73.3. The van der Waals surface area contributed by atoms with Gasteiger partial charge in [-0.25, -0.2) is 39.5 Å². The van der Waals surface area contributed by atoms with E-state index in [1.807, 2.05) is 13.8 Å². The third kappa shape index (κ3) is 23.5. The van der Waals surface area contributed by atoms with Crippen LogP contribution in [0.1, 0.15) is 47.0 Å². The average Bonchev–Trinajstić information content (AvgIpc) is 3.38. The maximum atomic E-state index is 13.8. The van der Waals surface area contributed by atoms with Crippen molar-refractivity contribution < 1.29 is 159 Å². The second-order valence-corrected chi connectivity index (χ2v) is 13.8. The van der Waals surface area contributed by atoms with E-state index >= 15 is 0 Å². The Kier molecular flexibility index (Phi) is 36.6. The van der Waals surface area contributed by atoms with Crippen LogP contribution in [0.15, 0.2) is 0 Å². The quantitative estimate of drug-likeness (QED) is 0.0131. The fraction of sp³-hybridized carbons (Fsp3) is 0.467. The molecule has 0 bridgehead atoms. The fourth-order valence-electron chi connectivity index (χ4n) is 4.85. The van der Waals surface area contributed by atoms with E-state index in [-0.39, 0.29) is 71.4 Å². The largest absolute Gasteiger partial charge is 2.00 e. The molecule has 0 heterocycles. The van der Waals surface area contributed by atoms with Gasteiger partial charge in [0, 0.05) is 26.2 Å². The Bertz CT molecular complexity index is 2160. The third-order valence-electron chi connectivity index (χ3n) is 8.27. The number of carbonyl (C=O) groups is 4. The van der Waals surface area contributed by atoms with Gasteiger partial charge in [-0.05, 0) is 5.54 Å². The zero-order valence-electron chi connectivity index (χ0n) is 39.5. The van der Waals surface area contributed by atoms with Crippen LogP contribution in [0.3, 0.4) is 0 Å². The molecular weight excluding hydrogens is 1300 g/mol. The van der Waals surface area contributed by atoms with Gasteiger partial charge in [-0.1, -0.05) is 27.7 Å². The predicted molar refractivity (Wildman–Crippen MR) is 228 cm³/mol. The summed E-state index contributed by atoms with van der Waals surface area (Å²) in [5, 5.41) is 2.44. The Labute approximate surface area is 448 Å². The molecule has 0 saturated carbocycles. The molecule has 0 atom stereocenters. The van der Waals surface area contributed by atoms with Crippen LogP contribution >= 0.6 is 0 Å². The number of ether oxygens (including phenoxy) is 9. The number of hydrogen-bond acceptors (Lipinski definition) is 14. The second kappa shape index (κ2) is 37.9. The molecule has 428 valence electrons. The van der Waals surface area contributed by atoms with Crippen molar-refractivity contribution in [3.63, 3.8) is 0 Å². The molecule has 31 heteroatoms. The molecule has 0 spiro atoms. The van der Waals surface area contributed by atoms with Crippen molar-refractivity contribution in [3.05, 3.63) is 101 Å². The second-order valence-electron chi connectivity index (χ2n) is 13.8. The van der Waals surface area contributed by atoms with Crippen LogP contribution in [0.25, 0.3) is 0 Å². The van der Waals surface area contributed by atoms with Gasteiger partial charge in [0.25, 0.3) is 5.97 Å². The van der Waals surface area contributed by atoms with E-state index in [4.69, 9.17) is 34.2 Å². The summed E-state index contributed by atoms with van der Waals surface area (Å²) in [7, 11) is 0. The zero-order valence-corrected chi connectivity index (χ0v) is 43.7. The van der Waals surface area contributed by atoms with Crippen LogP contribution in [0.5, 0.6) is 17.2 Å². The van der Waals surface area contributed by atoms with Gasteiger partial charge in [-0.2, -0.15) is 26.3 Å². The predicted octanol–water partition coefficient (Wildman–Crippen LogP) is 7.68. The summed E-state index contributed by atoms with van der Waals surface area (Å²) in [4.78, 5) is 47.4. The minimum atomic E-state index is -2.48. The molecule has 15 nitrogen and oxygen atoms in total. The van der Waals surface area contributed by atoms with E-state index in [0.717, 1.165) is 0 Å². The summed E-state index contributed by atoms with van der Waals surface area (Å²) >= 11 is 0. The minimum absolute atomic E-state index is 0. The van der Waals surface area contributed by atoms with E-state index in [1.54, 1.807) is 0 Å². The summed E-state index contributed by atoms with van der Waals surface area (Å²) < 4.78 is 243. The smallest absolute Gasteiger partial charge is 0.422 e. The van der Waals surface area contributed by atoms with Crippen LogP contribution < -0.4 is 25.3 Å². The van der Waals surface area contributed by atoms with Crippen LogP contribution in [0, 0.1) is 132 Å². The van der Waals surface area contributed by atoms with Gasteiger partial charge in [0.15, 0.2) is 0 Å². The molecule has 3 N–H and O–H groups in total. The molecule has 0 aliphatic rings. The third-order valence-corrected chi connectivity index (χ3v) is 8.27. The Morgan fingerprint density at radius 2 is 0.671 bits per heavy atom. The monoisotopic (exact) mass is 1350 g/mol. The number of halogens is 15. The summed E-state index contributed by atoms with van der Waals surface area (Å²) in [6, 6.07) is 0. The molecule has 0 radical (unpaired) electrons. The van der Waals surface area contributed by atoms with Gasteiger partial charge in [-0.3, -0.25) is 19.2 Å². The number of rotatable bonds is 29. The van der Waals surface area contributed by atoms with Crippen LogP contribution in [-0.4, -0.2) is 115 Å². The molecule has 0 aromatic heterocycles. The maximum absolute atomic E-state index is 13.8. The summed E-state index contributed by atoms with van der Waals surface area (Å²) in [6.07, 6.45) is -2.41. The molecule has 0 saturated heterocycles. The molecule has 0 fully saturated rings. The summed E-state index contributed by atoms with van der Waals surface area (Å²) in [6.45, 7) is 10.6. The number of amides is 1. The number of benzene rings is 3. The van der Waals surface area contributed by atoms with E-state index < -0.39 is 180 Å². The fourth-order valence-corrected chi connectivity index (χ4v) is 4.85. The van der Waals surface area contributed by atoms with Crippen molar-refractivity contribution in [2.75, 3.05) is 85.8 Å². The molecule has 1 amide bonds. The average molecular weight is 1350 g/mol. The van der Waals surface area contributed by atoms with Gasteiger partial charge in [0.2, 0.25) is 110 Å². The Morgan fingerprint density at radius 3 is 0.961 bits per heavy atom. The Morgan fingerprint density at radius 1 is 0.421 bits per heavy atom. The van der Waals surface area contributed by atoms with Crippen molar-refractivity contribution in [2.24, 2.45) is 5.73 Å². The van der Waals surface area contributed by atoms with Crippen molar-refractivity contribution in [1.29, 1.82) is 0 Å². The summed E-state index contributed by atoms with van der Waals surface area (Å²) in [5.41, 5.74) is 3.55. The standard InChI is InChI=1S/C33H37F10N2O11.C9H4F5O2.C2H6.CH4.U/c1-33(45-18(46)2-6-49-10-12-51-14-15-52-13-11-50-9-5-44,16-53-7-3-19(47)55-31-27(40)23(36)21(34)24(37)28(31)41)17-54-8-4-20(48)56-32-29(42)25(38)22(35)26(39)30(32)43;1-2-3(15)16-9-7(13)5(11)4(10)6(12)8(9)14;1-2;;/h1-17,44H2,(H,45,46);1-2H2;1-2H3;1H4;/q2*-1;;;+2. The van der Waals surface area contributed by atoms with Gasteiger partial charge in [0.05, 0.1) is 78.9 Å². The van der Waals surface area contributed by atoms with E-state index in [1.165, 1.54) is 0 Å². The molecule has 3 aromatic rings. The number of carbonyl (C=O) groups excluding carboxylic acids is 4. The number of hydrogen-bond donors (Lipinski definition) is 2. The van der Waals surface area contributed by atoms with Crippen LogP contribution in [0.4, 0.5) is 65.9 Å². The first-order chi connectivity index (χ1) is 34.9. The number of nitrogens with one attached hydrogen (secondary N) is 1. The maximum Gasteiger partial charge on any atom is 2.00 e. The number of nitrogens with two attached hydrogens (primary N) is 1. The molecule has 76 heavy (non-hydrogen) atoms. The van der Waals surface area contributed by atoms with Gasteiger partial charge >= 0.3 is 43.1 Å².